The fraction of sp³-hybridized carbons (Fsp3) is 0.125. The summed E-state index contributed by atoms with van der Waals surface area (Å²) in [5.41, 5.74) is 0. The van der Waals surface area contributed by atoms with Gasteiger partial charge in [-0.2, -0.15) is 0 Å². The summed E-state index contributed by atoms with van der Waals surface area (Å²) in [5.74, 6) is 0.0590. The van der Waals surface area contributed by atoms with Gasteiger partial charge in [-0.1, -0.05) is 30.9 Å². The van der Waals surface area contributed by atoms with E-state index < -0.39 is 0 Å². The molecule has 0 unspecified atom stereocenters. The molecule has 0 rings (SSSR count). The number of carbonyl (C=O) groups excluding carboxylic acids is 1. The maximum Gasteiger partial charge on any atom is 0.152 e. The average Bonchev–Trinajstić information content (AvgIpc) is 1.80. The van der Waals surface area contributed by atoms with E-state index in [0.29, 0.717) is 0 Å². The molecule has 0 saturated carbocycles. The predicted molar refractivity (Wildman–Crippen MR) is 39.2 cm³/mol. The van der Waals surface area contributed by atoms with Crippen molar-refractivity contribution in [1.29, 1.82) is 0 Å². The van der Waals surface area contributed by atoms with Gasteiger partial charge < -0.3 is 0 Å². The fourth-order valence-electron chi connectivity index (χ4n) is 0.334. The van der Waals surface area contributed by atoms with E-state index in [1.165, 1.54) is 13.0 Å². The van der Waals surface area contributed by atoms with Crippen molar-refractivity contribution < 1.29 is 4.79 Å². The second-order valence-corrected chi connectivity index (χ2v) is 1.59. The van der Waals surface area contributed by atoms with Crippen molar-refractivity contribution in [2.75, 3.05) is 0 Å². The summed E-state index contributed by atoms with van der Waals surface area (Å²) in [4.78, 5) is 10.3. The Morgan fingerprint density at radius 1 is 1.33 bits per heavy atom. The first-order valence-corrected chi connectivity index (χ1v) is 2.73. The number of rotatable bonds is 3. The fourth-order valence-corrected chi connectivity index (χ4v) is 0.334. The molecule has 48 valence electrons. The van der Waals surface area contributed by atoms with Crippen molar-refractivity contribution in [2.45, 2.75) is 6.92 Å². The number of hydrogen-bond acceptors (Lipinski definition) is 1. The SMILES string of the molecule is C=C/C=C\C=C\C(C)=O. The molecule has 1 heteroatoms. The van der Waals surface area contributed by atoms with E-state index in [0.717, 1.165) is 0 Å². The molecule has 0 heterocycles. The summed E-state index contributed by atoms with van der Waals surface area (Å²) in [7, 11) is 0. The Morgan fingerprint density at radius 3 is 2.44 bits per heavy atom. The van der Waals surface area contributed by atoms with Crippen molar-refractivity contribution in [1.82, 2.24) is 0 Å². The van der Waals surface area contributed by atoms with Crippen molar-refractivity contribution in [3.8, 4) is 0 Å². The summed E-state index contributed by atoms with van der Waals surface area (Å²) in [6, 6.07) is 0. The minimum Gasteiger partial charge on any atom is -0.295 e. The Bertz CT molecular complexity index is 152. The highest BCUT2D eigenvalue weighted by molar-refractivity contribution is 5.87. The van der Waals surface area contributed by atoms with Crippen molar-refractivity contribution in [3.05, 3.63) is 37.0 Å². The van der Waals surface area contributed by atoms with E-state index in [2.05, 4.69) is 6.58 Å². The van der Waals surface area contributed by atoms with Crippen LogP contribution in [0.1, 0.15) is 6.92 Å². The highest BCUT2D eigenvalue weighted by Gasteiger charge is 1.75. The van der Waals surface area contributed by atoms with Crippen LogP contribution in [0.25, 0.3) is 0 Å². The van der Waals surface area contributed by atoms with Gasteiger partial charge in [0.15, 0.2) is 5.78 Å². The Balaban J connectivity index is 3.59. The van der Waals surface area contributed by atoms with E-state index in [-0.39, 0.29) is 5.78 Å². The molecule has 0 atom stereocenters. The average molecular weight is 122 g/mol. The van der Waals surface area contributed by atoms with Crippen LogP contribution in [0.2, 0.25) is 0 Å². The topological polar surface area (TPSA) is 17.1 Å². The minimum atomic E-state index is 0.0590. The lowest BCUT2D eigenvalue weighted by Crippen LogP contribution is -1.77. The van der Waals surface area contributed by atoms with Gasteiger partial charge in [0, 0.05) is 0 Å². The maximum absolute atomic E-state index is 10.3. The van der Waals surface area contributed by atoms with Crippen LogP contribution in [0.5, 0.6) is 0 Å². The first-order valence-electron chi connectivity index (χ1n) is 2.73. The zero-order valence-electron chi connectivity index (χ0n) is 5.50. The summed E-state index contributed by atoms with van der Waals surface area (Å²) in [5, 5.41) is 0. The highest BCUT2D eigenvalue weighted by Crippen LogP contribution is 1.78. The number of allylic oxidation sites excluding steroid dienone is 5. The molecule has 0 bridgehead atoms. The lowest BCUT2D eigenvalue weighted by Gasteiger charge is -1.72. The quantitative estimate of drug-likeness (QED) is 0.412. The second-order valence-electron chi connectivity index (χ2n) is 1.59. The molecule has 0 aliphatic rings. The molecule has 0 aromatic carbocycles. The van der Waals surface area contributed by atoms with Gasteiger partial charge in [-0.05, 0) is 13.0 Å². The van der Waals surface area contributed by atoms with E-state index in [4.69, 9.17) is 0 Å². The monoisotopic (exact) mass is 122 g/mol. The Morgan fingerprint density at radius 2 is 2.00 bits per heavy atom. The highest BCUT2D eigenvalue weighted by atomic mass is 16.1. The summed E-state index contributed by atoms with van der Waals surface area (Å²) < 4.78 is 0. The summed E-state index contributed by atoms with van der Waals surface area (Å²) in [6.45, 7) is 4.98. The maximum atomic E-state index is 10.3. The Hall–Kier alpha value is -1.11. The van der Waals surface area contributed by atoms with Gasteiger partial charge >= 0.3 is 0 Å². The molecule has 0 aliphatic heterocycles. The zero-order chi connectivity index (χ0) is 7.11. The molecule has 1 nitrogen and oxygen atoms in total. The third kappa shape index (κ3) is 6.89. The van der Waals surface area contributed by atoms with Gasteiger partial charge in [0.2, 0.25) is 0 Å². The van der Waals surface area contributed by atoms with Gasteiger partial charge in [0.05, 0.1) is 0 Å². The normalized spacial score (nSPS) is 10.8. The number of ketones is 1. The molecule has 9 heavy (non-hydrogen) atoms. The summed E-state index contributed by atoms with van der Waals surface area (Å²) in [6.07, 6.45) is 8.36. The van der Waals surface area contributed by atoms with Crippen LogP contribution < -0.4 is 0 Å². The molecule has 0 aliphatic carbocycles. The molecular weight excluding hydrogens is 112 g/mol. The van der Waals surface area contributed by atoms with E-state index in [1.54, 1.807) is 24.3 Å². The smallest absolute Gasteiger partial charge is 0.152 e. The van der Waals surface area contributed by atoms with Gasteiger partial charge in [-0.3, -0.25) is 4.79 Å². The standard InChI is InChI=1S/C8H10O/c1-3-4-5-6-7-8(2)9/h3-7H,1H2,2H3/b5-4-,7-6+. The second kappa shape index (κ2) is 5.04. The number of hydrogen-bond donors (Lipinski definition) is 0. The third-order valence-corrected chi connectivity index (χ3v) is 0.689. The molecular formula is C8H10O. The van der Waals surface area contributed by atoms with Crippen molar-refractivity contribution >= 4 is 5.78 Å². The minimum absolute atomic E-state index is 0.0590. The Kier molecular flexibility index (Phi) is 4.41. The molecule has 0 aromatic heterocycles. The van der Waals surface area contributed by atoms with E-state index >= 15 is 0 Å². The summed E-state index contributed by atoms with van der Waals surface area (Å²) >= 11 is 0. The lowest BCUT2D eigenvalue weighted by molar-refractivity contribution is -0.112. The molecule has 0 radical (unpaired) electrons. The Labute approximate surface area is 55.4 Å². The first-order chi connectivity index (χ1) is 4.27. The molecule has 0 spiro atoms. The van der Waals surface area contributed by atoms with E-state index in [9.17, 15) is 4.79 Å². The van der Waals surface area contributed by atoms with Gasteiger partial charge in [0.25, 0.3) is 0 Å². The zero-order valence-corrected chi connectivity index (χ0v) is 5.50. The molecule has 0 aromatic rings. The van der Waals surface area contributed by atoms with Gasteiger partial charge in [0.1, 0.15) is 0 Å². The molecule has 0 amide bonds. The third-order valence-electron chi connectivity index (χ3n) is 0.689. The van der Waals surface area contributed by atoms with Crippen molar-refractivity contribution in [2.24, 2.45) is 0 Å². The van der Waals surface area contributed by atoms with Gasteiger partial charge in [-0.15, -0.1) is 0 Å². The van der Waals surface area contributed by atoms with Crippen LogP contribution in [-0.2, 0) is 4.79 Å². The van der Waals surface area contributed by atoms with E-state index in [1.807, 2.05) is 0 Å². The van der Waals surface area contributed by atoms with Crippen LogP contribution >= 0.6 is 0 Å². The molecule has 0 fully saturated rings. The van der Waals surface area contributed by atoms with Crippen LogP contribution in [0.15, 0.2) is 37.0 Å². The number of carbonyl (C=O) groups is 1. The largest absolute Gasteiger partial charge is 0.295 e. The van der Waals surface area contributed by atoms with Crippen LogP contribution in [0.3, 0.4) is 0 Å². The van der Waals surface area contributed by atoms with Gasteiger partial charge in [-0.25, -0.2) is 0 Å². The molecule has 0 N–H and O–H groups in total. The van der Waals surface area contributed by atoms with Crippen LogP contribution in [0.4, 0.5) is 0 Å². The van der Waals surface area contributed by atoms with Crippen molar-refractivity contribution in [3.63, 3.8) is 0 Å². The van der Waals surface area contributed by atoms with Crippen LogP contribution in [-0.4, -0.2) is 5.78 Å². The lowest BCUT2D eigenvalue weighted by atomic mass is 10.3. The van der Waals surface area contributed by atoms with Crippen LogP contribution in [0, 0.1) is 0 Å². The first kappa shape index (κ1) is 7.89. The molecule has 0 saturated heterocycles. The predicted octanol–water partition coefficient (Wildman–Crippen LogP) is 1.87.